The third-order valence-electron chi connectivity index (χ3n) is 2.55. The van der Waals surface area contributed by atoms with Gasteiger partial charge >= 0.3 is 0 Å². The second kappa shape index (κ2) is 6.27. The highest BCUT2D eigenvalue weighted by atomic mass is 79.9. The highest BCUT2D eigenvalue weighted by Gasteiger charge is 2.11. The summed E-state index contributed by atoms with van der Waals surface area (Å²) in [5.74, 6) is -0.358. The molecule has 0 aromatic heterocycles. The van der Waals surface area contributed by atoms with Gasteiger partial charge in [0.15, 0.2) is 0 Å². The Balaban J connectivity index is 2.28. The highest BCUT2D eigenvalue weighted by molar-refractivity contribution is 9.11. The fourth-order valence-corrected chi connectivity index (χ4v) is 3.49. The van der Waals surface area contributed by atoms with E-state index in [4.69, 9.17) is 5.14 Å². The van der Waals surface area contributed by atoms with Gasteiger partial charge in [0.05, 0.1) is 4.90 Å². The van der Waals surface area contributed by atoms with Gasteiger partial charge in [-0.25, -0.2) is 13.6 Å². The lowest BCUT2D eigenvalue weighted by Gasteiger charge is -2.07. The molecule has 0 heterocycles. The van der Waals surface area contributed by atoms with Gasteiger partial charge in [-0.05, 0) is 36.4 Å². The van der Waals surface area contributed by atoms with Crippen LogP contribution in [0.3, 0.4) is 0 Å². The van der Waals surface area contributed by atoms with Crippen molar-refractivity contribution in [3.05, 3.63) is 57.0 Å². The Labute approximate surface area is 138 Å². The third kappa shape index (κ3) is 4.37. The summed E-state index contributed by atoms with van der Waals surface area (Å²) >= 11 is 6.60. The Bertz CT molecular complexity index is 787. The number of halogens is 2. The van der Waals surface area contributed by atoms with E-state index in [1.54, 1.807) is 24.3 Å². The van der Waals surface area contributed by atoms with E-state index in [0.717, 1.165) is 8.95 Å². The van der Waals surface area contributed by atoms with E-state index in [1.165, 1.54) is 18.2 Å². The second-order valence-corrected chi connectivity index (χ2v) is 7.58. The third-order valence-corrected chi connectivity index (χ3v) is 4.37. The second-order valence-electron chi connectivity index (χ2n) is 4.19. The molecule has 1 amide bonds. The molecular weight excluding hydrogens is 424 g/mol. The summed E-state index contributed by atoms with van der Waals surface area (Å²) in [6, 6.07) is 10.9. The highest BCUT2D eigenvalue weighted by Crippen LogP contribution is 2.21. The molecular formula is C13H10Br2N2O3S. The van der Waals surface area contributed by atoms with Gasteiger partial charge in [0, 0.05) is 20.2 Å². The molecule has 5 nitrogen and oxygen atoms in total. The number of benzene rings is 2. The molecule has 0 radical (unpaired) electrons. The predicted octanol–water partition coefficient (Wildman–Crippen LogP) is 3.11. The van der Waals surface area contributed by atoms with Crippen LogP contribution in [-0.2, 0) is 10.0 Å². The van der Waals surface area contributed by atoms with Gasteiger partial charge in [0.25, 0.3) is 5.91 Å². The Hall–Kier alpha value is -1.22. The molecule has 2 rings (SSSR count). The molecule has 0 bridgehead atoms. The van der Waals surface area contributed by atoms with E-state index in [1.807, 2.05) is 0 Å². The van der Waals surface area contributed by atoms with Crippen molar-refractivity contribution in [1.29, 1.82) is 0 Å². The van der Waals surface area contributed by atoms with Crippen molar-refractivity contribution in [2.24, 2.45) is 5.14 Å². The van der Waals surface area contributed by atoms with Crippen molar-refractivity contribution in [3.8, 4) is 0 Å². The number of carbonyl (C=O) groups excluding carboxylic acids is 1. The first-order valence-electron chi connectivity index (χ1n) is 5.66. The number of nitrogens with two attached hydrogens (primary N) is 1. The molecule has 3 N–H and O–H groups in total. The zero-order valence-electron chi connectivity index (χ0n) is 10.5. The summed E-state index contributed by atoms with van der Waals surface area (Å²) < 4.78 is 24.1. The first kappa shape index (κ1) is 16.2. The van der Waals surface area contributed by atoms with E-state index < -0.39 is 10.0 Å². The summed E-state index contributed by atoms with van der Waals surface area (Å²) in [7, 11) is -3.81. The number of primary sulfonamides is 1. The van der Waals surface area contributed by atoms with Crippen LogP contribution in [0, 0.1) is 0 Å². The lowest BCUT2D eigenvalue weighted by Crippen LogP contribution is -2.14. The zero-order valence-corrected chi connectivity index (χ0v) is 14.5. The fourth-order valence-electron chi connectivity index (χ4n) is 1.64. The molecule has 2 aromatic carbocycles. The quantitative estimate of drug-likeness (QED) is 0.779. The van der Waals surface area contributed by atoms with Crippen molar-refractivity contribution < 1.29 is 13.2 Å². The predicted molar refractivity (Wildman–Crippen MR) is 87.6 cm³/mol. The maximum absolute atomic E-state index is 12.1. The summed E-state index contributed by atoms with van der Waals surface area (Å²) in [5, 5.41) is 7.68. The molecule has 0 atom stereocenters. The molecule has 0 aliphatic rings. The molecule has 0 spiro atoms. The largest absolute Gasteiger partial charge is 0.322 e. The lowest BCUT2D eigenvalue weighted by molar-refractivity contribution is 0.102. The van der Waals surface area contributed by atoms with Gasteiger partial charge in [0.2, 0.25) is 10.0 Å². The Morgan fingerprint density at radius 1 is 1.05 bits per heavy atom. The van der Waals surface area contributed by atoms with Gasteiger partial charge in [-0.1, -0.05) is 37.9 Å². The molecule has 110 valence electrons. The van der Waals surface area contributed by atoms with E-state index in [-0.39, 0.29) is 10.8 Å². The van der Waals surface area contributed by atoms with E-state index in [0.29, 0.717) is 11.3 Å². The SMILES string of the molecule is NS(=O)(=O)c1cccc(NC(=O)c2cc(Br)cc(Br)c2)c1. The number of sulfonamides is 1. The van der Waals surface area contributed by atoms with Crippen molar-refractivity contribution in [2.75, 3.05) is 5.32 Å². The maximum Gasteiger partial charge on any atom is 0.255 e. The molecule has 0 aliphatic heterocycles. The lowest BCUT2D eigenvalue weighted by atomic mass is 10.2. The summed E-state index contributed by atoms with van der Waals surface area (Å²) in [5.41, 5.74) is 0.778. The minimum Gasteiger partial charge on any atom is -0.322 e. The fraction of sp³-hybridized carbons (Fsp3) is 0. The standard InChI is InChI=1S/C13H10Br2N2O3S/c14-9-4-8(5-10(15)6-9)13(18)17-11-2-1-3-12(7-11)21(16,19)20/h1-7H,(H,17,18)(H2,16,19,20). The average Bonchev–Trinajstić information content (AvgIpc) is 2.37. The van der Waals surface area contributed by atoms with Gasteiger partial charge in [-0.15, -0.1) is 0 Å². The molecule has 0 fully saturated rings. The van der Waals surface area contributed by atoms with E-state index >= 15 is 0 Å². The monoisotopic (exact) mass is 432 g/mol. The van der Waals surface area contributed by atoms with Crippen LogP contribution in [0.1, 0.15) is 10.4 Å². The first-order valence-corrected chi connectivity index (χ1v) is 8.79. The van der Waals surface area contributed by atoms with Gasteiger partial charge in [0.1, 0.15) is 0 Å². The van der Waals surface area contributed by atoms with Gasteiger partial charge in [-0.3, -0.25) is 4.79 Å². The smallest absolute Gasteiger partial charge is 0.255 e. The van der Waals surface area contributed by atoms with Crippen LogP contribution in [0.4, 0.5) is 5.69 Å². The molecule has 2 aromatic rings. The number of carbonyl (C=O) groups is 1. The maximum atomic E-state index is 12.1. The molecule has 0 aliphatic carbocycles. The Kier molecular flexibility index (Phi) is 4.82. The number of rotatable bonds is 3. The van der Waals surface area contributed by atoms with Crippen LogP contribution < -0.4 is 10.5 Å². The first-order chi connectivity index (χ1) is 9.75. The van der Waals surface area contributed by atoms with Crippen molar-refractivity contribution in [1.82, 2.24) is 0 Å². The summed E-state index contributed by atoms with van der Waals surface area (Å²) in [6.45, 7) is 0. The molecule has 8 heteroatoms. The van der Waals surface area contributed by atoms with Gasteiger partial charge in [-0.2, -0.15) is 0 Å². The summed E-state index contributed by atoms with van der Waals surface area (Å²) in [4.78, 5) is 12.1. The number of nitrogens with one attached hydrogen (secondary N) is 1. The zero-order chi connectivity index (χ0) is 15.6. The van der Waals surface area contributed by atoms with Crippen LogP contribution in [0.2, 0.25) is 0 Å². The van der Waals surface area contributed by atoms with Crippen molar-refractivity contribution >= 4 is 53.5 Å². The minimum atomic E-state index is -3.81. The number of amides is 1. The number of anilines is 1. The van der Waals surface area contributed by atoms with Gasteiger partial charge < -0.3 is 5.32 Å². The molecule has 21 heavy (non-hydrogen) atoms. The van der Waals surface area contributed by atoms with Crippen molar-refractivity contribution in [2.45, 2.75) is 4.90 Å². The minimum absolute atomic E-state index is 0.0595. The molecule has 0 saturated carbocycles. The molecule has 0 unspecified atom stereocenters. The topological polar surface area (TPSA) is 89.3 Å². The number of hydrogen-bond donors (Lipinski definition) is 2. The van der Waals surface area contributed by atoms with Crippen LogP contribution >= 0.6 is 31.9 Å². The van der Waals surface area contributed by atoms with Crippen LogP contribution in [0.5, 0.6) is 0 Å². The average molecular weight is 434 g/mol. The Morgan fingerprint density at radius 3 is 2.24 bits per heavy atom. The van der Waals surface area contributed by atoms with Crippen LogP contribution in [0.25, 0.3) is 0 Å². The van der Waals surface area contributed by atoms with Crippen LogP contribution in [-0.4, -0.2) is 14.3 Å². The molecule has 0 saturated heterocycles. The van der Waals surface area contributed by atoms with Crippen LogP contribution in [0.15, 0.2) is 56.3 Å². The number of hydrogen-bond acceptors (Lipinski definition) is 3. The summed E-state index contributed by atoms with van der Waals surface area (Å²) in [6.07, 6.45) is 0. The van der Waals surface area contributed by atoms with E-state index in [9.17, 15) is 13.2 Å². The van der Waals surface area contributed by atoms with E-state index in [2.05, 4.69) is 37.2 Å². The van der Waals surface area contributed by atoms with Crippen molar-refractivity contribution in [3.63, 3.8) is 0 Å². The Morgan fingerprint density at radius 2 is 1.67 bits per heavy atom. The normalized spacial score (nSPS) is 11.2.